The number of rotatable bonds is 6. The van der Waals surface area contributed by atoms with Crippen LogP contribution in [0.5, 0.6) is 5.88 Å². The van der Waals surface area contributed by atoms with E-state index in [1.165, 1.54) is 4.57 Å². The minimum atomic E-state index is -0.259. The van der Waals surface area contributed by atoms with Crippen LogP contribution in [-0.2, 0) is 11.3 Å². The smallest absolute Gasteiger partial charge is 0.244 e. The summed E-state index contributed by atoms with van der Waals surface area (Å²) >= 11 is 0. The number of nitrogens with zero attached hydrogens (tertiary/aromatic N) is 3. The van der Waals surface area contributed by atoms with Crippen LogP contribution >= 0.6 is 0 Å². The number of anilines is 1. The Hall–Kier alpha value is -3.19. The van der Waals surface area contributed by atoms with Crippen LogP contribution in [0.25, 0.3) is 10.9 Å². The summed E-state index contributed by atoms with van der Waals surface area (Å²) < 4.78 is 1.49. The number of carbonyl (C=O) groups is 1. The molecule has 3 rings (SSSR count). The van der Waals surface area contributed by atoms with Gasteiger partial charge in [-0.1, -0.05) is 30.3 Å². The number of amides is 1. The molecule has 0 atom stereocenters. The fourth-order valence-corrected chi connectivity index (χ4v) is 2.76. The maximum Gasteiger partial charge on any atom is 0.244 e. The van der Waals surface area contributed by atoms with Gasteiger partial charge in [0.05, 0.1) is 18.7 Å². The van der Waals surface area contributed by atoms with Crippen molar-refractivity contribution in [2.75, 3.05) is 18.5 Å². The van der Waals surface area contributed by atoms with Gasteiger partial charge in [0.1, 0.15) is 6.54 Å². The van der Waals surface area contributed by atoms with E-state index >= 15 is 0 Å². The summed E-state index contributed by atoms with van der Waals surface area (Å²) in [7, 11) is 0. The molecule has 0 fully saturated rings. The Kier molecular flexibility index (Phi) is 5.28. The molecule has 0 spiro atoms. The first-order valence-corrected chi connectivity index (χ1v) is 8.25. The van der Waals surface area contributed by atoms with Crippen LogP contribution in [0.3, 0.4) is 0 Å². The van der Waals surface area contributed by atoms with E-state index < -0.39 is 0 Å². The Morgan fingerprint density at radius 1 is 1.19 bits per heavy atom. The van der Waals surface area contributed by atoms with Crippen molar-refractivity contribution in [2.24, 2.45) is 10.2 Å². The van der Waals surface area contributed by atoms with E-state index in [2.05, 4.69) is 15.5 Å². The summed E-state index contributed by atoms with van der Waals surface area (Å²) in [5.41, 5.74) is 2.72. The molecule has 7 nitrogen and oxygen atoms in total. The SMILES string of the molecule is Cc1cccc(NC(=O)Cn2c(O)c(N=NCCO)c3ccccc32)c1. The van der Waals surface area contributed by atoms with Crippen LogP contribution in [0.1, 0.15) is 5.56 Å². The first kappa shape index (κ1) is 17.6. The number of fused-ring (bicyclic) bond motifs is 1. The van der Waals surface area contributed by atoms with E-state index in [0.717, 1.165) is 5.56 Å². The zero-order valence-corrected chi connectivity index (χ0v) is 14.4. The molecule has 7 heteroatoms. The maximum absolute atomic E-state index is 12.4. The van der Waals surface area contributed by atoms with E-state index in [1.54, 1.807) is 12.1 Å². The van der Waals surface area contributed by atoms with Gasteiger partial charge >= 0.3 is 0 Å². The summed E-state index contributed by atoms with van der Waals surface area (Å²) in [6, 6.07) is 14.8. The molecule has 0 bridgehead atoms. The van der Waals surface area contributed by atoms with Crippen molar-refractivity contribution in [2.45, 2.75) is 13.5 Å². The van der Waals surface area contributed by atoms with Gasteiger partial charge in [0, 0.05) is 11.1 Å². The average molecular weight is 352 g/mol. The average Bonchev–Trinajstić information content (AvgIpc) is 2.88. The van der Waals surface area contributed by atoms with Gasteiger partial charge in [-0.3, -0.25) is 4.79 Å². The lowest BCUT2D eigenvalue weighted by molar-refractivity contribution is -0.116. The second-order valence-electron chi connectivity index (χ2n) is 5.88. The first-order valence-electron chi connectivity index (χ1n) is 8.25. The number of aliphatic hydroxyl groups is 1. The predicted molar refractivity (Wildman–Crippen MR) is 99.9 cm³/mol. The molecule has 134 valence electrons. The number of azo groups is 1. The minimum absolute atomic E-state index is 0.0597. The lowest BCUT2D eigenvalue weighted by Crippen LogP contribution is -2.18. The summed E-state index contributed by atoms with van der Waals surface area (Å²) in [6.45, 7) is 1.91. The molecule has 0 aliphatic carbocycles. The highest BCUT2D eigenvalue weighted by atomic mass is 16.3. The quantitative estimate of drug-likeness (QED) is 0.593. The number of benzene rings is 2. The first-order chi connectivity index (χ1) is 12.6. The van der Waals surface area contributed by atoms with Crippen molar-refractivity contribution in [3.63, 3.8) is 0 Å². The molecule has 0 saturated carbocycles. The fourth-order valence-electron chi connectivity index (χ4n) is 2.76. The van der Waals surface area contributed by atoms with Gasteiger partial charge in [0.25, 0.3) is 0 Å². The predicted octanol–water partition coefficient (Wildman–Crippen LogP) is 3.37. The van der Waals surface area contributed by atoms with Gasteiger partial charge in [0.2, 0.25) is 11.8 Å². The number of aryl methyl sites for hydroxylation is 1. The normalized spacial score (nSPS) is 11.3. The number of aromatic nitrogens is 1. The summed E-state index contributed by atoms with van der Waals surface area (Å²) in [4.78, 5) is 12.4. The van der Waals surface area contributed by atoms with Crippen LogP contribution in [0.2, 0.25) is 0 Å². The van der Waals surface area contributed by atoms with Gasteiger partial charge < -0.3 is 20.1 Å². The molecule has 1 amide bonds. The second-order valence-corrected chi connectivity index (χ2v) is 5.88. The lowest BCUT2D eigenvalue weighted by Gasteiger charge is -2.09. The van der Waals surface area contributed by atoms with Gasteiger partial charge in [-0.15, -0.1) is 5.11 Å². The highest BCUT2D eigenvalue weighted by molar-refractivity contribution is 5.97. The highest BCUT2D eigenvalue weighted by Crippen LogP contribution is 2.38. The van der Waals surface area contributed by atoms with Crippen molar-refractivity contribution < 1.29 is 15.0 Å². The molecule has 26 heavy (non-hydrogen) atoms. The topological polar surface area (TPSA) is 99.2 Å². The van der Waals surface area contributed by atoms with E-state index in [-0.39, 0.29) is 37.2 Å². The van der Waals surface area contributed by atoms with Crippen molar-refractivity contribution in [1.82, 2.24) is 4.57 Å². The maximum atomic E-state index is 12.4. The lowest BCUT2D eigenvalue weighted by atomic mass is 10.2. The van der Waals surface area contributed by atoms with Crippen LogP contribution in [0.15, 0.2) is 58.8 Å². The van der Waals surface area contributed by atoms with Crippen molar-refractivity contribution in [3.05, 3.63) is 54.1 Å². The summed E-state index contributed by atoms with van der Waals surface area (Å²) in [5.74, 6) is -0.391. The number of aromatic hydroxyl groups is 1. The molecule has 3 aromatic rings. The van der Waals surface area contributed by atoms with Gasteiger partial charge in [-0.05, 0) is 30.7 Å². The molecule has 3 N–H and O–H groups in total. The van der Waals surface area contributed by atoms with Crippen LogP contribution in [0, 0.1) is 6.92 Å². The van der Waals surface area contributed by atoms with E-state index in [9.17, 15) is 9.90 Å². The van der Waals surface area contributed by atoms with E-state index in [0.29, 0.717) is 16.6 Å². The molecular weight excluding hydrogens is 332 g/mol. The molecule has 0 aliphatic rings. The summed E-state index contributed by atoms with van der Waals surface area (Å²) in [6.07, 6.45) is 0. The Labute approximate surface area is 150 Å². The molecule has 2 aromatic carbocycles. The molecule has 0 saturated heterocycles. The Morgan fingerprint density at radius 2 is 2.00 bits per heavy atom. The van der Waals surface area contributed by atoms with Gasteiger partial charge in [-0.2, -0.15) is 5.11 Å². The third-order valence-corrected chi connectivity index (χ3v) is 3.89. The summed E-state index contributed by atoms with van der Waals surface area (Å²) in [5, 5.41) is 30.7. The Morgan fingerprint density at radius 3 is 2.77 bits per heavy atom. The van der Waals surface area contributed by atoms with E-state index in [4.69, 9.17) is 5.11 Å². The molecule has 0 radical (unpaired) electrons. The van der Waals surface area contributed by atoms with Crippen LogP contribution < -0.4 is 5.32 Å². The van der Waals surface area contributed by atoms with Gasteiger partial charge in [-0.25, -0.2) is 0 Å². The number of carbonyl (C=O) groups excluding carboxylic acids is 1. The zero-order valence-electron chi connectivity index (χ0n) is 14.4. The van der Waals surface area contributed by atoms with Crippen molar-refractivity contribution in [1.29, 1.82) is 0 Å². The van der Waals surface area contributed by atoms with Crippen LogP contribution in [-0.4, -0.2) is 33.8 Å². The standard InChI is InChI=1S/C19H20N4O3/c1-13-5-4-6-14(11-13)21-17(25)12-23-16-8-3-2-7-15(16)18(19(23)26)22-20-9-10-24/h2-8,11,24,26H,9-10,12H2,1H3,(H,21,25). The monoisotopic (exact) mass is 352 g/mol. The molecule has 0 aliphatic heterocycles. The molecule has 0 unspecified atom stereocenters. The third kappa shape index (κ3) is 3.73. The number of nitrogens with one attached hydrogen (secondary N) is 1. The number of aliphatic hydroxyl groups excluding tert-OH is 1. The van der Waals surface area contributed by atoms with E-state index in [1.807, 2.05) is 43.3 Å². The number of hydrogen-bond donors (Lipinski definition) is 3. The Bertz CT molecular complexity index is 963. The fraction of sp³-hybridized carbons (Fsp3) is 0.211. The largest absolute Gasteiger partial charge is 0.493 e. The number of hydrogen-bond acceptors (Lipinski definition) is 5. The Balaban J connectivity index is 1.89. The van der Waals surface area contributed by atoms with Crippen molar-refractivity contribution >= 4 is 28.2 Å². The van der Waals surface area contributed by atoms with Crippen LogP contribution in [0.4, 0.5) is 11.4 Å². The number of para-hydroxylation sites is 1. The zero-order chi connectivity index (χ0) is 18.5. The molecular formula is C19H20N4O3. The third-order valence-electron chi connectivity index (χ3n) is 3.89. The minimum Gasteiger partial charge on any atom is -0.493 e. The highest BCUT2D eigenvalue weighted by Gasteiger charge is 2.18. The molecule has 1 aromatic heterocycles. The molecule has 1 heterocycles. The van der Waals surface area contributed by atoms with Gasteiger partial charge in [0.15, 0.2) is 5.69 Å². The second kappa shape index (κ2) is 7.79. The van der Waals surface area contributed by atoms with Crippen molar-refractivity contribution in [3.8, 4) is 5.88 Å².